The Morgan fingerprint density at radius 1 is 1.38 bits per heavy atom. The Balaban J connectivity index is 0.00000208. The lowest BCUT2D eigenvalue weighted by Gasteiger charge is -2.25. The van der Waals surface area contributed by atoms with Gasteiger partial charge in [0.25, 0.3) is 0 Å². The smallest absolute Gasteiger partial charge is 0.194 e. The van der Waals surface area contributed by atoms with Crippen LogP contribution in [0.2, 0.25) is 0 Å². The fraction of sp³-hybridized carbons (Fsp3) is 0.611. The third kappa shape index (κ3) is 4.33. The minimum absolute atomic E-state index is 0. The first-order chi connectivity index (χ1) is 11.3. The zero-order chi connectivity index (χ0) is 16.1. The minimum Gasteiger partial charge on any atom is -0.496 e. The number of nitrogens with one attached hydrogen (secondary N) is 1. The number of hydrogen-bond donors (Lipinski definition) is 1. The minimum atomic E-state index is 0. The van der Waals surface area contributed by atoms with Gasteiger partial charge in [0, 0.05) is 37.2 Å². The maximum Gasteiger partial charge on any atom is 0.194 e. The summed E-state index contributed by atoms with van der Waals surface area (Å²) in [5.41, 5.74) is 1.46. The molecule has 5 nitrogen and oxygen atoms in total. The van der Waals surface area contributed by atoms with E-state index in [-0.39, 0.29) is 24.0 Å². The molecule has 0 saturated carbocycles. The third-order valence-corrected chi connectivity index (χ3v) is 4.85. The maximum absolute atomic E-state index is 5.63. The van der Waals surface area contributed by atoms with Gasteiger partial charge < -0.3 is 19.7 Å². The molecule has 0 bridgehead atoms. The summed E-state index contributed by atoms with van der Waals surface area (Å²) >= 11 is 0. The Bertz CT molecular complexity index is 559. The van der Waals surface area contributed by atoms with Gasteiger partial charge in [-0.25, -0.2) is 4.99 Å². The highest BCUT2D eigenvalue weighted by atomic mass is 127. The van der Waals surface area contributed by atoms with Gasteiger partial charge in [-0.05, 0) is 25.8 Å². The van der Waals surface area contributed by atoms with E-state index in [1.54, 1.807) is 7.11 Å². The topological polar surface area (TPSA) is 46.1 Å². The van der Waals surface area contributed by atoms with Gasteiger partial charge in [0.1, 0.15) is 5.75 Å². The van der Waals surface area contributed by atoms with Gasteiger partial charge in [-0.1, -0.05) is 18.2 Å². The van der Waals surface area contributed by atoms with Crippen molar-refractivity contribution in [1.82, 2.24) is 10.2 Å². The molecule has 1 atom stereocenters. The number of para-hydroxylation sites is 1. The van der Waals surface area contributed by atoms with Crippen LogP contribution in [0.5, 0.6) is 5.75 Å². The Morgan fingerprint density at radius 2 is 2.21 bits per heavy atom. The van der Waals surface area contributed by atoms with E-state index in [9.17, 15) is 0 Å². The first-order valence-corrected chi connectivity index (χ1v) is 8.49. The average Bonchev–Trinajstić information content (AvgIpc) is 3.22. The summed E-state index contributed by atoms with van der Waals surface area (Å²) in [7, 11) is 1.71. The van der Waals surface area contributed by atoms with Crippen LogP contribution in [-0.2, 0) is 11.3 Å². The summed E-state index contributed by atoms with van der Waals surface area (Å²) in [6, 6.07) is 8.07. The largest absolute Gasteiger partial charge is 0.496 e. The summed E-state index contributed by atoms with van der Waals surface area (Å²) in [6.45, 7) is 7.53. The lowest BCUT2D eigenvalue weighted by Crippen LogP contribution is -2.41. The Hall–Kier alpha value is -1.02. The molecular formula is C18H28IN3O2. The molecule has 0 aliphatic carbocycles. The second kappa shape index (κ2) is 8.89. The molecular weight excluding hydrogens is 417 g/mol. The number of halogens is 1. The number of benzene rings is 1. The molecule has 1 N–H and O–H groups in total. The van der Waals surface area contributed by atoms with Crippen LogP contribution >= 0.6 is 24.0 Å². The first kappa shape index (κ1) is 19.3. The van der Waals surface area contributed by atoms with Crippen molar-refractivity contribution in [1.29, 1.82) is 0 Å². The summed E-state index contributed by atoms with van der Waals surface area (Å²) < 4.78 is 11.0. The van der Waals surface area contributed by atoms with Crippen molar-refractivity contribution in [3.05, 3.63) is 29.8 Å². The Morgan fingerprint density at radius 3 is 2.92 bits per heavy atom. The predicted molar refractivity (Wildman–Crippen MR) is 107 cm³/mol. The molecule has 0 aromatic heterocycles. The van der Waals surface area contributed by atoms with Crippen LogP contribution in [0, 0.1) is 5.41 Å². The fourth-order valence-corrected chi connectivity index (χ4v) is 3.51. The number of hydrogen-bond acceptors (Lipinski definition) is 3. The standard InChI is InChI=1S/C18H27N3O2.HI/c1-3-19-17(20-12-15-6-4-5-7-16(15)22-2)21-10-8-18(13-21)9-11-23-14-18;/h4-7H,3,8-14H2,1-2H3,(H,19,20);1H. The van der Waals surface area contributed by atoms with Crippen LogP contribution in [0.1, 0.15) is 25.3 Å². The number of rotatable bonds is 4. The fourth-order valence-electron chi connectivity index (χ4n) is 3.51. The van der Waals surface area contributed by atoms with E-state index in [4.69, 9.17) is 14.5 Å². The van der Waals surface area contributed by atoms with E-state index in [2.05, 4.69) is 23.2 Å². The maximum atomic E-state index is 5.63. The lowest BCUT2D eigenvalue weighted by molar-refractivity contribution is 0.156. The molecule has 0 radical (unpaired) electrons. The van der Waals surface area contributed by atoms with Gasteiger partial charge in [-0.15, -0.1) is 24.0 Å². The van der Waals surface area contributed by atoms with Crippen molar-refractivity contribution in [3.63, 3.8) is 0 Å². The van der Waals surface area contributed by atoms with Crippen LogP contribution in [0.4, 0.5) is 0 Å². The second-order valence-electron chi connectivity index (χ2n) is 6.46. The third-order valence-electron chi connectivity index (χ3n) is 4.85. The monoisotopic (exact) mass is 445 g/mol. The Kier molecular flexibility index (Phi) is 7.16. The molecule has 134 valence electrons. The molecule has 2 heterocycles. The van der Waals surface area contributed by atoms with Crippen molar-refractivity contribution in [2.75, 3.05) is 40.0 Å². The summed E-state index contributed by atoms with van der Waals surface area (Å²) in [4.78, 5) is 7.22. The molecule has 1 aromatic carbocycles. The highest BCUT2D eigenvalue weighted by Crippen LogP contribution is 2.38. The molecule has 2 aliphatic rings. The molecule has 1 spiro atoms. The molecule has 0 amide bonds. The number of likely N-dealkylation sites (tertiary alicyclic amines) is 1. The average molecular weight is 445 g/mol. The number of guanidine groups is 1. The van der Waals surface area contributed by atoms with Crippen LogP contribution in [0.15, 0.2) is 29.3 Å². The molecule has 1 aromatic rings. The van der Waals surface area contributed by atoms with E-state index < -0.39 is 0 Å². The lowest BCUT2D eigenvalue weighted by atomic mass is 9.87. The van der Waals surface area contributed by atoms with E-state index in [1.165, 1.54) is 12.8 Å². The molecule has 2 saturated heterocycles. The number of methoxy groups -OCH3 is 1. The van der Waals surface area contributed by atoms with Crippen molar-refractivity contribution >= 4 is 29.9 Å². The van der Waals surface area contributed by atoms with Crippen LogP contribution in [-0.4, -0.2) is 50.8 Å². The predicted octanol–water partition coefficient (Wildman–Crippen LogP) is 2.89. The Labute approximate surface area is 161 Å². The van der Waals surface area contributed by atoms with Crippen molar-refractivity contribution in [3.8, 4) is 5.75 Å². The normalized spacial score (nSPS) is 23.4. The van der Waals surface area contributed by atoms with Gasteiger partial charge in [0.05, 0.1) is 20.3 Å². The summed E-state index contributed by atoms with van der Waals surface area (Å²) in [5.74, 6) is 1.90. The molecule has 3 rings (SSSR count). The highest BCUT2D eigenvalue weighted by Gasteiger charge is 2.42. The van der Waals surface area contributed by atoms with E-state index >= 15 is 0 Å². The number of ether oxygens (including phenoxy) is 2. The zero-order valence-corrected chi connectivity index (χ0v) is 16.9. The highest BCUT2D eigenvalue weighted by molar-refractivity contribution is 14.0. The second-order valence-corrected chi connectivity index (χ2v) is 6.46. The van der Waals surface area contributed by atoms with E-state index in [1.807, 2.05) is 18.2 Å². The molecule has 2 aliphatic heterocycles. The van der Waals surface area contributed by atoms with Crippen LogP contribution in [0.3, 0.4) is 0 Å². The van der Waals surface area contributed by atoms with Gasteiger partial charge >= 0.3 is 0 Å². The van der Waals surface area contributed by atoms with Gasteiger partial charge in [0.2, 0.25) is 0 Å². The van der Waals surface area contributed by atoms with Crippen molar-refractivity contribution in [2.24, 2.45) is 10.4 Å². The van der Waals surface area contributed by atoms with Gasteiger partial charge in [0.15, 0.2) is 5.96 Å². The van der Waals surface area contributed by atoms with Gasteiger partial charge in [-0.3, -0.25) is 0 Å². The quantitative estimate of drug-likeness (QED) is 0.440. The summed E-state index contributed by atoms with van der Waals surface area (Å²) in [5, 5.41) is 3.43. The molecule has 24 heavy (non-hydrogen) atoms. The van der Waals surface area contributed by atoms with Crippen molar-refractivity contribution < 1.29 is 9.47 Å². The molecule has 2 fully saturated rings. The summed E-state index contributed by atoms with van der Waals surface area (Å²) in [6.07, 6.45) is 2.38. The molecule has 6 heteroatoms. The number of aliphatic imine (C=N–C) groups is 1. The van der Waals surface area contributed by atoms with E-state index in [0.717, 1.165) is 50.1 Å². The zero-order valence-electron chi connectivity index (χ0n) is 14.6. The molecule has 1 unspecified atom stereocenters. The SMILES string of the molecule is CCNC(=NCc1ccccc1OC)N1CCC2(CCOC2)C1.I. The van der Waals surface area contributed by atoms with E-state index in [0.29, 0.717) is 12.0 Å². The number of nitrogens with zero attached hydrogens (tertiary/aromatic N) is 2. The van der Waals surface area contributed by atoms with Crippen molar-refractivity contribution in [2.45, 2.75) is 26.3 Å². The van der Waals surface area contributed by atoms with Gasteiger partial charge in [-0.2, -0.15) is 0 Å². The first-order valence-electron chi connectivity index (χ1n) is 8.49. The van der Waals surface area contributed by atoms with Crippen LogP contribution in [0.25, 0.3) is 0 Å². The van der Waals surface area contributed by atoms with Crippen LogP contribution < -0.4 is 10.1 Å².